The van der Waals surface area contributed by atoms with Crippen LogP contribution in [0.1, 0.15) is 42.0 Å². The van der Waals surface area contributed by atoms with Crippen molar-refractivity contribution in [2.75, 3.05) is 0 Å². The minimum Gasteiger partial charge on any atom is -0.335 e. The number of nitrogens with zero attached hydrogens (tertiary/aromatic N) is 3. The van der Waals surface area contributed by atoms with Gasteiger partial charge in [-0.05, 0) is 31.4 Å². The van der Waals surface area contributed by atoms with Gasteiger partial charge in [0.1, 0.15) is 5.82 Å². The Morgan fingerprint density at radius 1 is 1.32 bits per heavy atom. The lowest BCUT2D eigenvalue weighted by molar-refractivity contribution is 0.590. The smallest absolute Gasteiger partial charge is 0.110 e. The number of nitrogens with two attached hydrogens (primary N) is 1. The van der Waals surface area contributed by atoms with Crippen molar-refractivity contribution in [2.24, 2.45) is 5.73 Å². The van der Waals surface area contributed by atoms with Crippen LogP contribution in [0.3, 0.4) is 0 Å². The fraction of sp³-hybridized carbons (Fsp3) is 0.467. The van der Waals surface area contributed by atoms with Crippen molar-refractivity contribution in [3.63, 3.8) is 0 Å². The second-order valence-electron chi connectivity index (χ2n) is 5.06. The molecule has 1 atom stereocenters. The van der Waals surface area contributed by atoms with Crippen LogP contribution in [0.15, 0.2) is 24.7 Å². The van der Waals surface area contributed by atoms with Crippen LogP contribution in [0.5, 0.6) is 0 Å². The number of rotatable bonds is 5. The van der Waals surface area contributed by atoms with Crippen molar-refractivity contribution < 1.29 is 0 Å². The van der Waals surface area contributed by atoms with Crippen LogP contribution in [0.4, 0.5) is 0 Å². The zero-order valence-electron chi connectivity index (χ0n) is 11.9. The standard InChI is InChI=1S/C15H22N4/c1-4-6-19-7-5-17-14(19)9-13(16)15-12(3)8-11(2)10-18-15/h5,7-8,10,13H,4,6,9,16H2,1-3H3. The van der Waals surface area contributed by atoms with Crippen LogP contribution in [0.2, 0.25) is 0 Å². The molecule has 0 saturated carbocycles. The lowest BCUT2D eigenvalue weighted by Crippen LogP contribution is -2.19. The Morgan fingerprint density at radius 2 is 2.11 bits per heavy atom. The van der Waals surface area contributed by atoms with Crippen molar-refractivity contribution in [2.45, 2.75) is 46.2 Å². The minimum atomic E-state index is -0.0985. The molecule has 2 heterocycles. The summed E-state index contributed by atoms with van der Waals surface area (Å²) in [5, 5.41) is 0. The summed E-state index contributed by atoms with van der Waals surface area (Å²) >= 11 is 0. The molecule has 19 heavy (non-hydrogen) atoms. The van der Waals surface area contributed by atoms with E-state index in [1.54, 1.807) is 0 Å². The van der Waals surface area contributed by atoms with E-state index in [9.17, 15) is 0 Å². The van der Waals surface area contributed by atoms with Crippen LogP contribution in [-0.2, 0) is 13.0 Å². The highest BCUT2D eigenvalue weighted by atomic mass is 15.1. The summed E-state index contributed by atoms with van der Waals surface area (Å²) in [5.41, 5.74) is 9.58. The molecule has 2 aromatic rings. The van der Waals surface area contributed by atoms with Crippen molar-refractivity contribution in [1.29, 1.82) is 0 Å². The average Bonchev–Trinajstić information content (AvgIpc) is 2.77. The molecule has 0 saturated heterocycles. The fourth-order valence-electron chi connectivity index (χ4n) is 2.38. The molecule has 0 aliphatic heterocycles. The Hall–Kier alpha value is -1.68. The molecular weight excluding hydrogens is 236 g/mol. The molecule has 0 amide bonds. The quantitative estimate of drug-likeness (QED) is 0.896. The molecule has 0 bridgehead atoms. The highest BCUT2D eigenvalue weighted by molar-refractivity contribution is 5.26. The Labute approximate surface area is 114 Å². The van der Waals surface area contributed by atoms with Crippen LogP contribution in [0, 0.1) is 13.8 Å². The number of pyridine rings is 1. The molecule has 102 valence electrons. The maximum Gasteiger partial charge on any atom is 0.110 e. The number of hydrogen-bond donors (Lipinski definition) is 1. The van der Waals surface area contributed by atoms with E-state index in [0.29, 0.717) is 0 Å². The van der Waals surface area contributed by atoms with Crippen LogP contribution in [0.25, 0.3) is 0 Å². The van der Waals surface area contributed by atoms with Gasteiger partial charge in [0, 0.05) is 31.6 Å². The number of imidazole rings is 1. The summed E-state index contributed by atoms with van der Waals surface area (Å²) < 4.78 is 2.17. The topological polar surface area (TPSA) is 56.7 Å². The van der Waals surface area contributed by atoms with E-state index in [4.69, 9.17) is 5.73 Å². The molecule has 0 fully saturated rings. The third-order valence-electron chi connectivity index (χ3n) is 3.28. The highest BCUT2D eigenvalue weighted by Gasteiger charge is 2.14. The first-order chi connectivity index (χ1) is 9.11. The molecule has 0 radical (unpaired) electrons. The van der Waals surface area contributed by atoms with E-state index in [1.807, 2.05) is 25.5 Å². The number of hydrogen-bond acceptors (Lipinski definition) is 3. The minimum absolute atomic E-state index is 0.0985. The first-order valence-electron chi connectivity index (χ1n) is 6.80. The Kier molecular flexibility index (Phi) is 4.32. The molecule has 2 N–H and O–H groups in total. The lowest BCUT2D eigenvalue weighted by Gasteiger charge is -2.15. The normalized spacial score (nSPS) is 12.6. The van der Waals surface area contributed by atoms with Crippen LogP contribution >= 0.6 is 0 Å². The van der Waals surface area contributed by atoms with Gasteiger partial charge < -0.3 is 10.3 Å². The molecule has 0 spiro atoms. The fourth-order valence-corrected chi connectivity index (χ4v) is 2.38. The van der Waals surface area contributed by atoms with Gasteiger partial charge in [-0.2, -0.15) is 0 Å². The highest BCUT2D eigenvalue weighted by Crippen LogP contribution is 2.17. The molecular formula is C15H22N4. The van der Waals surface area contributed by atoms with Gasteiger partial charge in [-0.3, -0.25) is 4.98 Å². The predicted molar refractivity (Wildman–Crippen MR) is 76.9 cm³/mol. The van der Waals surface area contributed by atoms with Gasteiger partial charge in [0.25, 0.3) is 0 Å². The second-order valence-corrected chi connectivity index (χ2v) is 5.06. The Morgan fingerprint density at radius 3 is 2.79 bits per heavy atom. The number of aryl methyl sites for hydroxylation is 3. The Balaban J connectivity index is 2.16. The van der Waals surface area contributed by atoms with E-state index < -0.39 is 0 Å². The molecule has 4 nitrogen and oxygen atoms in total. The van der Waals surface area contributed by atoms with Gasteiger partial charge in [0.05, 0.1) is 11.7 Å². The van der Waals surface area contributed by atoms with Gasteiger partial charge in [-0.25, -0.2) is 4.98 Å². The summed E-state index contributed by atoms with van der Waals surface area (Å²) in [5.74, 6) is 1.04. The maximum atomic E-state index is 6.29. The van der Waals surface area contributed by atoms with Gasteiger partial charge in [0.15, 0.2) is 0 Å². The van der Waals surface area contributed by atoms with Crippen molar-refractivity contribution in [3.05, 3.63) is 47.3 Å². The summed E-state index contributed by atoms with van der Waals surface area (Å²) in [6, 6.07) is 2.03. The van der Waals surface area contributed by atoms with Crippen LogP contribution < -0.4 is 5.73 Å². The van der Waals surface area contributed by atoms with E-state index >= 15 is 0 Å². The monoisotopic (exact) mass is 258 g/mol. The molecule has 0 aliphatic rings. The van der Waals surface area contributed by atoms with Gasteiger partial charge in [-0.1, -0.05) is 13.0 Å². The largest absolute Gasteiger partial charge is 0.335 e. The van der Waals surface area contributed by atoms with Crippen molar-refractivity contribution in [3.8, 4) is 0 Å². The van der Waals surface area contributed by atoms with E-state index in [1.165, 1.54) is 5.56 Å². The molecule has 2 rings (SSSR count). The van der Waals surface area contributed by atoms with E-state index in [2.05, 4.69) is 34.4 Å². The molecule has 0 aliphatic carbocycles. The van der Waals surface area contributed by atoms with Gasteiger partial charge in [-0.15, -0.1) is 0 Å². The first-order valence-corrected chi connectivity index (χ1v) is 6.80. The van der Waals surface area contributed by atoms with Crippen molar-refractivity contribution in [1.82, 2.24) is 14.5 Å². The summed E-state index contributed by atoms with van der Waals surface area (Å²) in [6.45, 7) is 7.26. The summed E-state index contributed by atoms with van der Waals surface area (Å²) in [6.07, 6.45) is 7.55. The number of aromatic nitrogens is 3. The zero-order valence-corrected chi connectivity index (χ0v) is 11.9. The molecule has 2 aromatic heterocycles. The maximum absolute atomic E-state index is 6.29. The molecule has 4 heteroatoms. The van der Waals surface area contributed by atoms with Gasteiger partial charge >= 0.3 is 0 Å². The molecule has 1 unspecified atom stereocenters. The lowest BCUT2D eigenvalue weighted by atomic mass is 10.0. The molecule has 0 aromatic carbocycles. The summed E-state index contributed by atoms with van der Waals surface area (Å²) in [4.78, 5) is 8.87. The summed E-state index contributed by atoms with van der Waals surface area (Å²) in [7, 11) is 0. The SMILES string of the molecule is CCCn1ccnc1CC(N)c1ncc(C)cc1C. The van der Waals surface area contributed by atoms with Crippen molar-refractivity contribution >= 4 is 0 Å². The van der Waals surface area contributed by atoms with E-state index in [0.717, 1.165) is 36.5 Å². The average molecular weight is 258 g/mol. The van der Waals surface area contributed by atoms with E-state index in [-0.39, 0.29) is 6.04 Å². The van der Waals surface area contributed by atoms with Gasteiger partial charge in [0.2, 0.25) is 0 Å². The predicted octanol–water partition coefficient (Wildman–Crippen LogP) is 2.55. The third-order valence-corrected chi connectivity index (χ3v) is 3.28. The second kappa shape index (κ2) is 5.97. The third kappa shape index (κ3) is 3.20. The first kappa shape index (κ1) is 13.7. The van der Waals surface area contributed by atoms with Crippen LogP contribution in [-0.4, -0.2) is 14.5 Å². The Bertz CT molecular complexity index is 545. The zero-order chi connectivity index (χ0) is 13.8.